The zero-order chi connectivity index (χ0) is 20.5. The molecule has 0 radical (unpaired) electrons. The van der Waals surface area contributed by atoms with E-state index >= 15 is 0 Å². The van der Waals surface area contributed by atoms with Gasteiger partial charge in [-0.3, -0.25) is 9.69 Å². The zero-order valence-electron chi connectivity index (χ0n) is 17.5. The number of H-pyrrole nitrogens is 1. The summed E-state index contributed by atoms with van der Waals surface area (Å²) in [5, 5.41) is 0. The second kappa shape index (κ2) is 8.07. The molecule has 30 heavy (non-hydrogen) atoms. The molecule has 1 saturated heterocycles. The molecule has 2 aliphatic rings. The highest BCUT2D eigenvalue weighted by atomic mass is 16.2. The average Bonchev–Trinajstić information content (AvgIpc) is 3.20. The van der Waals surface area contributed by atoms with Crippen molar-refractivity contribution in [2.75, 3.05) is 19.6 Å². The number of rotatable bonds is 3. The first-order valence-corrected chi connectivity index (χ1v) is 10.9. The van der Waals surface area contributed by atoms with Crippen LogP contribution >= 0.6 is 0 Å². The number of hydrogen-bond acceptors (Lipinski definition) is 3. The van der Waals surface area contributed by atoms with E-state index in [9.17, 15) is 4.79 Å². The van der Waals surface area contributed by atoms with E-state index < -0.39 is 0 Å². The Balaban J connectivity index is 1.23. The summed E-state index contributed by atoms with van der Waals surface area (Å²) in [6, 6.07) is 19.3. The standard InChI is InChI=1S/C25H28N4O/c1-18-23(27-24(26-18)20-8-3-2-4-9-20)25(30)28-15-12-22(13-16-28)29-14-11-19-7-5-6-10-21(19)17-29/h2-10,22H,11-17H2,1H3,(H,26,27). The Hall–Kier alpha value is -2.92. The molecule has 0 unspecified atom stereocenters. The van der Waals surface area contributed by atoms with E-state index in [1.54, 1.807) is 0 Å². The van der Waals surface area contributed by atoms with E-state index in [4.69, 9.17) is 0 Å². The van der Waals surface area contributed by atoms with Gasteiger partial charge >= 0.3 is 0 Å². The smallest absolute Gasteiger partial charge is 0.274 e. The summed E-state index contributed by atoms with van der Waals surface area (Å²) in [5.74, 6) is 0.812. The number of hydrogen-bond donors (Lipinski definition) is 1. The third-order valence-corrected chi connectivity index (χ3v) is 6.56. The Morgan fingerprint density at radius 1 is 0.967 bits per heavy atom. The summed E-state index contributed by atoms with van der Waals surface area (Å²) in [7, 11) is 0. The number of aromatic amines is 1. The van der Waals surface area contributed by atoms with Crippen LogP contribution in [0.5, 0.6) is 0 Å². The summed E-state index contributed by atoms with van der Waals surface area (Å²) in [6.45, 7) is 5.69. The number of carbonyl (C=O) groups is 1. The average molecular weight is 401 g/mol. The Bertz CT molecular complexity index is 1030. The van der Waals surface area contributed by atoms with Crippen molar-refractivity contribution in [1.82, 2.24) is 19.8 Å². The van der Waals surface area contributed by atoms with Gasteiger partial charge in [0.1, 0.15) is 11.5 Å². The Morgan fingerprint density at radius 3 is 2.43 bits per heavy atom. The molecule has 154 valence electrons. The monoisotopic (exact) mass is 400 g/mol. The third kappa shape index (κ3) is 3.65. The van der Waals surface area contributed by atoms with Crippen LogP contribution in [0.3, 0.4) is 0 Å². The van der Waals surface area contributed by atoms with Crippen molar-refractivity contribution in [3.05, 3.63) is 77.1 Å². The minimum absolute atomic E-state index is 0.0494. The SMILES string of the molecule is Cc1[nH]c(-c2ccccc2)nc1C(=O)N1CCC(N2CCc3ccccc3C2)CC1. The Morgan fingerprint density at radius 2 is 1.67 bits per heavy atom. The fourth-order valence-corrected chi connectivity index (χ4v) is 4.81. The molecule has 1 amide bonds. The summed E-state index contributed by atoms with van der Waals surface area (Å²) < 4.78 is 0. The van der Waals surface area contributed by atoms with Crippen molar-refractivity contribution in [2.24, 2.45) is 0 Å². The fourth-order valence-electron chi connectivity index (χ4n) is 4.81. The van der Waals surface area contributed by atoms with Gasteiger partial charge in [-0.2, -0.15) is 0 Å². The molecule has 0 spiro atoms. The maximum absolute atomic E-state index is 13.1. The second-order valence-corrected chi connectivity index (χ2v) is 8.44. The highest BCUT2D eigenvalue weighted by Crippen LogP contribution is 2.26. The third-order valence-electron chi connectivity index (χ3n) is 6.56. The van der Waals surface area contributed by atoms with E-state index in [1.165, 1.54) is 11.1 Å². The molecule has 1 N–H and O–H groups in total. The number of piperidine rings is 1. The van der Waals surface area contributed by atoms with Gasteiger partial charge in [-0.05, 0) is 37.3 Å². The lowest BCUT2D eigenvalue weighted by Gasteiger charge is -2.40. The van der Waals surface area contributed by atoms with Gasteiger partial charge in [-0.25, -0.2) is 4.98 Å². The van der Waals surface area contributed by atoms with Crippen molar-refractivity contribution in [3.63, 3.8) is 0 Å². The van der Waals surface area contributed by atoms with Crippen LogP contribution in [0.2, 0.25) is 0 Å². The molecule has 5 rings (SSSR count). The number of aromatic nitrogens is 2. The number of aryl methyl sites for hydroxylation is 1. The number of nitrogens with one attached hydrogen (secondary N) is 1. The lowest BCUT2D eigenvalue weighted by Crippen LogP contribution is -2.48. The predicted octanol–water partition coefficient (Wildman–Crippen LogP) is 4.05. The molecular formula is C25H28N4O. The number of amides is 1. The first-order valence-electron chi connectivity index (χ1n) is 10.9. The van der Waals surface area contributed by atoms with Gasteiger partial charge in [-0.15, -0.1) is 0 Å². The molecule has 3 heterocycles. The van der Waals surface area contributed by atoms with Crippen molar-refractivity contribution in [2.45, 2.75) is 38.8 Å². The maximum atomic E-state index is 13.1. The molecule has 0 saturated carbocycles. The number of imidazole rings is 1. The molecule has 2 aliphatic heterocycles. The van der Waals surface area contributed by atoms with Crippen LogP contribution in [-0.4, -0.2) is 51.4 Å². The van der Waals surface area contributed by atoms with Crippen LogP contribution < -0.4 is 0 Å². The Kier molecular flexibility index (Phi) is 5.13. The summed E-state index contributed by atoms with van der Waals surface area (Å²) >= 11 is 0. The van der Waals surface area contributed by atoms with Gasteiger partial charge < -0.3 is 9.88 Å². The fraction of sp³-hybridized carbons (Fsp3) is 0.360. The normalized spacial score (nSPS) is 17.7. The molecule has 0 bridgehead atoms. The molecular weight excluding hydrogens is 372 g/mol. The number of fused-ring (bicyclic) bond motifs is 1. The number of nitrogens with zero attached hydrogens (tertiary/aromatic N) is 3. The van der Waals surface area contributed by atoms with Gasteiger partial charge in [0.05, 0.1) is 0 Å². The molecule has 1 aromatic heterocycles. The Labute approximate surface area is 177 Å². The molecule has 0 atom stereocenters. The minimum atomic E-state index is 0.0494. The summed E-state index contributed by atoms with van der Waals surface area (Å²) in [4.78, 5) is 25.6. The van der Waals surface area contributed by atoms with E-state index in [0.29, 0.717) is 11.7 Å². The van der Waals surface area contributed by atoms with Gasteiger partial charge in [0, 0.05) is 43.5 Å². The molecule has 5 nitrogen and oxygen atoms in total. The van der Waals surface area contributed by atoms with Crippen LogP contribution in [0.4, 0.5) is 0 Å². The quantitative estimate of drug-likeness (QED) is 0.722. The minimum Gasteiger partial charge on any atom is -0.341 e. The number of benzene rings is 2. The van der Waals surface area contributed by atoms with E-state index in [-0.39, 0.29) is 5.91 Å². The van der Waals surface area contributed by atoms with Crippen molar-refractivity contribution in [1.29, 1.82) is 0 Å². The van der Waals surface area contributed by atoms with E-state index in [1.807, 2.05) is 42.2 Å². The van der Waals surface area contributed by atoms with Crippen LogP contribution in [0, 0.1) is 6.92 Å². The molecule has 1 fully saturated rings. The highest BCUT2D eigenvalue weighted by Gasteiger charge is 2.30. The second-order valence-electron chi connectivity index (χ2n) is 8.44. The summed E-state index contributed by atoms with van der Waals surface area (Å²) in [5.41, 5.74) is 5.35. The van der Waals surface area contributed by atoms with E-state index in [0.717, 1.165) is 62.5 Å². The van der Waals surface area contributed by atoms with Crippen LogP contribution in [0.1, 0.15) is 40.2 Å². The molecule has 0 aliphatic carbocycles. The van der Waals surface area contributed by atoms with Gasteiger partial charge in [0.25, 0.3) is 5.91 Å². The highest BCUT2D eigenvalue weighted by molar-refractivity contribution is 5.94. The van der Waals surface area contributed by atoms with Gasteiger partial charge in [0.2, 0.25) is 0 Å². The molecule has 2 aromatic carbocycles. The van der Waals surface area contributed by atoms with Crippen molar-refractivity contribution >= 4 is 5.91 Å². The van der Waals surface area contributed by atoms with Gasteiger partial charge in [0.15, 0.2) is 0 Å². The number of carbonyl (C=O) groups excluding carboxylic acids is 1. The van der Waals surface area contributed by atoms with Gasteiger partial charge in [-0.1, -0.05) is 54.6 Å². The first kappa shape index (κ1) is 19.1. The lowest BCUT2D eigenvalue weighted by atomic mass is 9.95. The van der Waals surface area contributed by atoms with Crippen molar-refractivity contribution < 1.29 is 4.79 Å². The molecule has 5 heteroatoms. The van der Waals surface area contributed by atoms with E-state index in [2.05, 4.69) is 39.1 Å². The predicted molar refractivity (Wildman–Crippen MR) is 118 cm³/mol. The first-order chi connectivity index (χ1) is 14.7. The zero-order valence-corrected chi connectivity index (χ0v) is 17.5. The molecule has 3 aromatic rings. The van der Waals surface area contributed by atoms with Crippen LogP contribution in [-0.2, 0) is 13.0 Å². The lowest BCUT2D eigenvalue weighted by molar-refractivity contribution is 0.0594. The van der Waals surface area contributed by atoms with Crippen molar-refractivity contribution in [3.8, 4) is 11.4 Å². The van der Waals surface area contributed by atoms with Crippen LogP contribution in [0.15, 0.2) is 54.6 Å². The number of likely N-dealkylation sites (tertiary alicyclic amines) is 1. The van der Waals surface area contributed by atoms with Crippen LogP contribution in [0.25, 0.3) is 11.4 Å². The largest absolute Gasteiger partial charge is 0.341 e. The summed E-state index contributed by atoms with van der Waals surface area (Å²) in [6.07, 6.45) is 3.19. The maximum Gasteiger partial charge on any atom is 0.274 e. The topological polar surface area (TPSA) is 52.2 Å².